The van der Waals surface area contributed by atoms with Gasteiger partial charge in [-0.2, -0.15) is 0 Å². The molecule has 0 aliphatic heterocycles. The number of aromatic nitrogens is 1. The van der Waals surface area contributed by atoms with E-state index in [4.69, 9.17) is 9.52 Å². The lowest BCUT2D eigenvalue weighted by Gasteiger charge is -2.05. The molecule has 5 heteroatoms. The minimum absolute atomic E-state index is 0.372. The normalized spacial score (nSPS) is 12.8. The molecule has 18 heavy (non-hydrogen) atoms. The van der Waals surface area contributed by atoms with Gasteiger partial charge in [0.05, 0.1) is 11.4 Å². The zero-order valence-electron chi connectivity index (χ0n) is 10.3. The van der Waals surface area contributed by atoms with Crippen LogP contribution in [0, 0.1) is 5.92 Å². The topological polar surface area (TPSA) is 72.4 Å². The van der Waals surface area contributed by atoms with E-state index >= 15 is 0 Å². The summed E-state index contributed by atoms with van der Waals surface area (Å²) >= 11 is 0. The Morgan fingerprint density at radius 1 is 1.50 bits per heavy atom. The second kappa shape index (κ2) is 4.68. The van der Waals surface area contributed by atoms with E-state index in [-0.39, 0.29) is 11.7 Å². The smallest absolute Gasteiger partial charge is 0.419 e. The fourth-order valence-corrected chi connectivity index (χ4v) is 1.84. The van der Waals surface area contributed by atoms with Gasteiger partial charge in [0, 0.05) is 7.05 Å². The number of aliphatic carboxylic acids is 1. The zero-order valence-corrected chi connectivity index (χ0v) is 10.3. The van der Waals surface area contributed by atoms with Crippen molar-refractivity contribution in [2.75, 3.05) is 0 Å². The summed E-state index contributed by atoms with van der Waals surface area (Å²) < 4.78 is 6.53. The summed E-state index contributed by atoms with van der Waals surface area (Å²) in [7, 11) is 1.65. The number of carbonyl (C=O) groups is 1. The quantitative estimate of drug-likeness (QED) is 0.896. The number of aryl methyl sites for hydroxylation is 2. The highest BCUT2D eigenvalue weighted by Gasteiger charge is 2.11. The number of rotatable bonds is 4. The van der Waals surface area contributed by atoms with E-state index in [9.17, 15) is 9.59 Å². The first kappa shape index (κ1) is 12.4. The van der Waals surface area contributed by atoms with Gasteiger partial charge in [0.2, 0.25) is 0 Å². The number of benzene rings is 1. The number of nitrogens with zero attached hydrogens (tertiary/aromatic N) is 1. The number of hydrogen-bond acceptors (Lipinski definition) is 3. The maximum absolute atomic E-state index is 11.3. The third-order valence-corrected chi connectivity index (χ3v) is 3.14. The predicted molar refractivity (Wildman–Crippen MR) is 66.6 cm³/mol. The Balaban J connectivity index is 2.20. The number of carboxylic acids is 1. The SMILES string of the molecule is CC(CCc1ccc2c(c1)oc(=O)n2C)C(=O)O. The third-order valence-electron chi connectivity index (χ3n) is 3.14. The van der Waals surface area contributed by atoms with Crippen LogP contribution < -0.4 is 5.76 Å². The molecule has 0 spiro atoms. The van der Waals surface area contributed by atoms with Gasteiger partial charge < -0.3 is 9.52 Å². The van der Waals surface area contributed by atoms with Gasteiger partial charge in [0.15, 0.2) is 5.58 Å². The molecule has 1 aromatic carbocycles. The summed E-state index contributed by atoms with van der Waals surface area (Å²) in [6.07, 6.45) is 1.22. The Hall–Kier alpha value is -2.04. The van der Waals surface area contributed by atoms with E-state index in [1.807, 2.05) is 12.1 Å². The average molecular weight is 249 g/mol. The van der Waals surface area contributed by atoms with Crippen molar-refractivity contribution in [3.63, 3.8) is 0 Å². The Labute approximate surface area is 104 Å². The van der Waals surface area contributed by atoms with Crippen molar-refractivity contribution < 1.29 is 14.3 Å². The molecular formula is C13H15NO4. The minimum atomic E-state index is -0.790. The van der Waals surface area contributed by atoms with Gasteiger partial charge in [0.1, 0.15) is 0 Å². The highest BCUT2D eigenvalue weighted by molar-refractivity contribution is 5.73. The number of oxazole rings is 1. The van der Waals surface area contributed by atoms with Gasteiger partial charge in [-0.1, -0.05) is 13.0 Å². The standard InChI is InChI=1S/C13H15NO4/c1-8(12(15)16)3-4-9-5-6-10-11(7-9)18-13(17)14(10)2/h5-8H,3-4H2,1-2H3,(H,15,16). The minimum Gasteiger partial charge on any atom is -0.481 e. The highest BCUT2D eigenvalue weighted by atomic mass is 16.4. The molecule has 2 aromatic rings. The first-order valence-corrected chi connectivity index (χ1v) is 5.80. The van der Waals surface area contributed by atoms with Crippen molar-refractivity contribution in [3.8, 4) is 0 Å². The Bertz CT molecular complexity index is 638. The van der Waals surface area contributed by atoms with Crippen molar-refractivity contribution in [1.29, 1.82) is 0 Å². The maximum Gasteiger partial charge on any atom is 0.419 e. The molecule has 0 saturated heterocycles. The van der Waals surface area contributed by atoms with Crippen LogP contribution in [0.15, 0.2) is 27.4 Å². The highest BCUT2D eigenvalue weighted by Crippen LogP contribution is 2.17. The average Bonchev–Trinajstić information content (AvgIpc) is 2.61. The van der Waals surface area contributed by atoms with Gasteiger partial charge >= 0.3 is 11.7 Å². The summed E-state index contributed by atoms with van der Waals surface area (Å²) in [5.74, 6) is -1.55. The molecule has 0 aliphatic rings. The second-order valence-corrected chi connectivity index (χ2v) is 4.51. The molecule has 1 N–H and O–H groups in total. The zero-order chi connectivity index (χ0) is 13.3. The summed E-state index contributed by atoms with van der Waals surface area (Å²) in [4.78, 5) is 22.0. The molecule has 96 valence electrons. The van der Waals surface area contributed by atoms with Crippen molar-refractivity contribution in [3.05, 3.63) is 34.3 Å². The second-order valence-electron chi connectivity index (χ2n) is 4.51. The molecule has 1 aromatic heterocycles. The van der Waals surface area contributed by atoms with Crippen LogP contribution >= 0.6 is 0 Å². The fraction of sp³-hybridized carbons (Fsp3) is 0.385. The van der Waals surface area contributed by atoms with Crippen molar-refractivity contribution >= 4 is 17.1 Å². The van der Waals surface area contributed by atoms with Crippen LogP contribution in [0.1, 0.15) is 18.9 Å². The van der Waals surface area contributed by atoms with E-state index < -0.39 is 5.97 Å². The van der Waals surface area contributed by atoms with Crippen molar-refractivity contribution in [2.24, 2.45) is 13.0 Å². The van der Waals surface area contributed by atoms with Gasteiger partial charge in [-0.3, -0.25) is 9.36 Å². The molecule has 1 atom stereocenters. The van der Waals surface area contributed by atoms with Crippen LogP contribution in [-0.2, 0) is 18.3 Å². The summed E-state index contributed by atoms with van der Waals surface area (Å²) in [6.45, 7) is 1.68. The Morgan fingerprint density at radius 3 is 2.89 bits per heavy atom. The predicted octanol–water partition coefficient (Wildman–Crippen LogP) is 1.78. The van der Waals surface area contributed by atoms with E-state index in [2.05, 4.69) is 0 Å². The van der Waals surface area contributed by atoms with Crippen molar-refractivity contribution in [2.45, 2.75) is 19.8 Å². The summed E-state index contributed by atoms with van der Waals surface area (Å²) in [6, 6.07) is 5.51. The summed E-state index contributed by atoms with van der Waals surface area (Å²) in [5, 5.41) is 8.81. The molecule has 0 saturated carbocycles. The van der Waals surface area contributed by atoms with Crippen LogP contribution in [0.2, 0.25) is 0 Å². The monoisotopic (exact) mass is 249 g/mol. The molecule has 5 nitrogen and oxygen atoms in total. The summed E-state index contributed by atoms with van der Waals surface area (Å²) in [5.41, 5.74) is 2.27. The van der Waals surface area contributed by atoms with Crippen molar-refractivity contribution in [1.82, 2.24) is 4.57 Å². The lowest BCUT2D eigenvalue weighted by Crippen LogP contribution is -2.10. The number of hydrogen-bond donors (Lipinski definition) is 1. The van der Waals surface area contributed by atoms with Crippen LogP contribution in [0.3, 0.4) is 0 Å². The van der Waals surface area contributed by atoms with Crippen LogP contribution in [0.4, 0.5) is 0 Å². The molecule has 0 amide bonds. The molecule has 0 bridgehead atoms. The van der Waals surface area contributed by atoms with Crippen LogP contribution in [0.25, 0.3) is 11.1 Å². The van der Waals surface area contributed by atoms with Gasteiger partial charge in [-0.25, -0.2) is 4.79 Å². The fourth-order valence-electron chi connectivity index (χ4n) is 1.84. The van der Waals surface area contributed by atoms with Crippen LogP contribution in [-0.4, -0.2) is 15.6 Å². The first-order chi connectivity index (χ1) is 8.49. The molecular weight excluding hydrogens is 234 g/mol. The molecule has 0 radical (unpaired) electrons. The Morgan fingerprint density at radius 2 is 2.22 bits per heavy atom. The van der Waals surface area contributed by atoms with E-state index in [0.29, 0.717) is 18.4 Å². The van der Waals surface area contributed by atoms with Gasteiger partial charge in [-0.05, 0) is 30.5 Å². The molecule has 1 unspecified atom stereocenters. The lowest BCUT2D eigenvalue weighted by molar-refractivity contribution is -0.141. The van der Waals surface area contributed by atoms with E-state index in [0.717, 1.165) is 11.1 Å². The Kier molecular flexibility index (Phi) is 3.23. The maximum atomic E-state index is 11.3. The van der Waals surface area contributed by atoms with E-state index in [1.54, 1.807) is 20.0 Å². The largest absolute Gasteiger partial charge is 0.481 e. The third kappa shape index (κ3) is 2.30. The molecule has 0 aliphatic carbocycles. The lowest BCUT2D eigenvalue weighted by atomic mass is 10.0. The van der Waals surface area contributed by atoms with Gasteiger partial charge in [0.25, 0.3) is 0 Å². The molecule has 2 rings (SSSR count). The molecule has 0 fully saturated rings. The number of carboxylic acid groups (broad SMARTS) is 1. The van der Waals surface area contributed by atoms with Gasteiger partial charge in [-0.15, -0.1) is 0 Å². The molecule has 1 heterocycles. The van der Waals surface area contributed by atoms with Crippen LogP contribution in [0.5, 0.6) is 0 Å². The van der Waals surface area contributed by atoms with E-state index in [1.165, 1.54) is 4.57 Å². The first-order valence-electron chi connectivity index (χ1n) is 5.80. The number of fused-ring (bicyclic) bond motifs is 1.